The second-order valence-electron chi connectivity index (χ2n) is 7.53. The van der Waals surface area contributed by atoms with Gasteiger partial charge in [0.15, 0.2) is 11.6 Å². The quantitative estimate of drug-likeness (QED) is 0.712. The maximum Gasteiger partial charge on any atom is 0.262 e. The molecule has 1 amide bonds. The standard InChI is InChI=1S/C20H28N4O4S/c1-16(2)17-5-7-18(8-6-17)28-14-20(25)23-9-4-10-24(12-11-23)29(26,27)19-13-22(3)15-21-19/h5-8,13,15-16H,4,9-12,14H2,1-3H3. The van der Waals surface area contributed by atoms with Gasteiger partial charge in [-0.25, -0.2) is 13.4 Å². The Labute approximate surface area is 172 Å². The third-order valence-corrected chi connectivity index (χ3v) is 6.79. The van der Waals surface area contributed by atoms with Crippen molar-refractivity contribution in [2.45, 2.75) is 31.2 Å². The molecule has 2 heterocycles. The van der Waals surface area contributed by atoms with Gasteiger partial charge in [-0.05, 0) is 30.0 Å². The summed E-state index contributed by atoms with van der Waals surface area (Å²) in [7, 11) is -1.92. The van der Waals surface area contributed by atoms with Crippen LogP contribution in [0.25, 0.3) is 0 Å². The van der Waals surface area contributed by atoms with Crippen molar-refractivity contribution in [1.29, 1.82) is 0 Å². The fourth-order valence-electron chi connectivity index (χ4n) is 3.22. The number of hydrogen-bond donors (Lipinski definition) is 0. The summed E-state index contributed by atoms with van der Waals surface area (Å²) in [5.41, 5.74) is 1.21. The first kappa shape index (κ1) is 21.3. The minimum atomic E-state index is -3.65. The lowest BCUT2D eigenvalue weighted by Gasteiger charge is -2.21. The third-order valence-electron chi connectivity index (χ3n) is 5.00. The van der Waals surface area contributed by atoms with Gasteiger partial charge in [0.25, 0.3) is 15.9 Å². The molecular formula is C20H28N4O4S. The topological polar surface area (TPSA) is 84.7 Å². The van der Waals surface area contributed by atoms with Gasteiger partial charge in [0.2, 0.25) is 0 Å². The van der Waals surface area contributed by atoms with Gasteiger partial charge in [0.05, 0.1) is 6.33 Å². The van der Waals surface area contributed by atoms with Gasteiger partial charge in [-0.2, -0.15) is 4.31 Å². The minimum Gasteiger partial charge on any atom is -0.484 e. The first-order valence-electron chi connectivity index (χ1n) is 9.76. The first-order chi connectivity index (χ1) is 13.8. The molecule has 0 unspecified atom stereocenters. The number of amides is 1. The van der Waals surface area contributed by atoms with Crippen molar-refractivity contribution >= 4 is 15.9 Å². The minimum absolute atomic E-state index is 0.0351. The van der Waals surface area contributed by atoms with E-state index in [1.54, 1.807) is 16.5 Å². The van der Waals surface area contributed by atoms with Crippen molar-refractivity contribution in [2.75, 3.05) is 32.8 Å². The molecule has 9 heteroatoms. The molecule has 1 aromatic carbocycles. The highest BCUT2D eigenvalue weighted by molar-refractivity contribution is 7.89. The first-order valence-corrected chi connectivity index (χ1v) is 11.2. The van der Waals surface area contributed by atoms with Crippen LogP contribution in [0.5, 0.6) is 5.75 Å². The lowest BCUT2D eigenvalue weighted by molar-refractivity contribution is -0.133. The molecule has 1 aliphatic heterocycles. The van der Waals surface area contributed by atoms with Crippen molar-refractivity contribution in [3.8, 4) is 5.75 Å². The summed E-state index contributed by atoms with van der Waals surface area (Å²) in [6.45, 7) is 5.62. The number of sulfonamides is 1. The Morgan fingerprint density at radius 1 is 1.14 bits per heavy atom. The summed E-state index contributed by atoms with van der Waals surface area (Å²) >= 11 is 0. The van der Waals surface area contributed by atoms with Crippen LogP contribution in [0.2, 0.25) is 0 Å². The monoisotopic (exact) mass is 420 g/mol. The Morgan fingerprint density at radius 2 is 1.86 bits per heavy atom. The van der Waals surface area contributed by atoms with Crippen LogP contribution in [0, 0.1) is 0 Å². The summed E-state index contributed by atoms with van der Waals surface area (Å²) in [6, 6.07) is 7.73. The second-order valence-corrected chi connectivity index (χ2v) is 9.41. The zero-order valence-corrected chi connectivity index (χ0v) is 17.9. The van der Waals surface area contributed by atoms with Crippen molar-refractivity contribution in [1.82, 2.24) is 18.8 Å². The van der Waals surface area contributed by atoms with E-state index in [-0.39, 0.29) is 24.1 Å². The Kier molecular flexibility index (Phi) is 6.59. The number of nitrogens with zero attached hydrogens (tertiary/aromatic N) is 4. The highest BCUT2D eigenvalue weighted by atomic mass is 32.2. The van der Waals surface area contributed by atoms with E-state index >= 15 is 0 Å². The summed E-state index contributed by atoms with van der Waals surface area (Å²) < 4.78 is 34.1. The Hall–Kier alpha value is -2.39. The van der Waals surface area contributed by atoms with Crippen molar-refractivity contribution in [3.05, 3.63) is 42.4 Å². The molecule has 0 saturated carbocycles. The number of hydrogen-bond acceptors (Lipinski definition) is 5. The molecule has 0 aliphatic carbocycles. The lowest BCUT2D eigenvalue weighted by Crippen LogP contribution is -2.39. The molecule has 0 atom stereocenters. The molecule has 0 bridgehead atoms. The largest absolute Gasteiger partial charge is 0.484 e. The van der Waals surface area contributed by atoms with E-state index < -0.39 is 10.0 Å². The highest BCUT2D eigenvalue weighted by Crippen LogP contribution is 2.19. The van der Waals surface area contributed by atoms with E-state index in [2.05, 4.69) is 18.8 Å². The van der Waals surface area contributed by atoms with Gasteiger partial charge in [-0.1, -0.05) is 26.0 Å². The summed E-state index contributed by atoms with van der Waals surface area (Å²) in [5, 5.41) is 0.0351. The molecule has 29 heavy (non-hydrogen) atoms. The number of ether oxygens (including phenoxy) is 1. The highest BCUT2D eigenvalue weighted by Gasteiger charge is 2.29. The Bertz CT molecular complexity index is 938. The van der Waals surface area contributed by atoms with Gasteiger partial charge < -0.3 is 14.2 Å². The molecule has 1 saturated heterocycles. The van der Waals surface area contributed by atoms with E-state index in [0.29, 0.717) is 37.7 Å². The number of imidazole rings is 1. The average molecular weight is 421 g/mol. The SMILES string of the molecule is CC(C)c1ccc(OCC(=O)N2CCCN(S(=O)(=O)c3cn(C)cn3)CC2)cc1. The molecule has 3 rings (SSSR count). The van der Waals surface area contributed by atoms with Crippen LogP contribution < -0.4 is 4.74 Å². The van der Waals surface area contributed by atoms with E-state index in [1.165, 1.54) is 22.4 Å². The molecule has 2 aromatic rings. The Balaban J connectivity index is 1.55. The summed E-state index contributed by atoms with van der Waals surface area (Å²) in [6.07, 6.45) is 3.52. The fourth-order valence-corrected chi connectivity index (χ4v) is 4.66. The molecule has 0 spiro atoms. The van der Waals surface area contributed by atoms with Crippen LogP contribution in [0.4, 0.5) is 0 Å². The number of aromatic nitrogens is 2. The lowest BCUT2D eigenvalue weighted by atomic mass is 10.0. The Morgan fingerprint density at radius 3 is 2.48 bits per heavy atom. The fraction of sp³-hybridized carbons (Fsp3) is 0.500. The molecule has 1 aromatic heterocycles. The molecule has 8 nitrogen and oxygen atoms in total. The number of aryl methyl sites for hydroxylation is 1. The zero-order chi connectivity index (χ0) is 21.0. The van der Waals surface area contributed by atoms with Crippen LogP contribution >= 0.6 is 0 Å². The summed E-state index contributed by atoms with van der Waals surface area (Å²) in [4.78, 5) is 18.2. The maximum absolute atomic E-state index is 12.7. The van der Waals surface area contributed by atoms with E-state index in [4.69, 9.17) is 4.74 Å². The smallest absolute Gasteiger partial charge is 0.262 e. The molecule has 0 N–H and O–H groups in total. The maximum atomic E-state index is 12.7. The number of carbonyl (C=O) groups excluding carboxylic acids is 1. The number of carbonyl (C=O) groups is 1. The molecule has 0 radical (unpaired) electrons. The number of rotatable bonds is 6. The van der Waals surface area contributed by atoms with Crippen LogP contribution in [0.15, 0.2) is 41.8 Å². The van der Waals surface area contributed by atoms with Crippen LogP contribution in [0.3, 0.4) is 0 Å². The van der Waals surface area contributed by atoms with E-state index in [0.717, 1.165) is 0 Å². The molecule has 1 aliphatic rings. The molecular weight excluding hydrogens is 392 g/mol. The van der Waals surface area contributed by atoms with Gasteiger partial charge in [0.1, 0.15) is 5.75 Å². The van der Waals surface area contributed by atoms with Crippen molar-refractivity contribution in [2.24, 2.45) is 7.05 Å². The van der Waals surface area contributed by atoms with Crippen LogP contribution in [-0.2, 0) is 21.9 Å². The van der Waals surface area contributed by atoms with Crippen LogP contribution in [-0.4, -0.2) is 65.9 Å². The van der Waals surface area contributed by atoms with Crippen molar-refractivity contribution < 1.29 is 17.9 Å². The number of benzene rings is 1. The van der Waals surface area contributed by atoms with Gasteiger partial charge in [0, 0.05) is 39.4 Å². The van der Waals surface area contributed by atoms with E-state index in [1.807, 2.05) is 24.3 Å². The second kappa shape index (κ2) is 8.96. The van der Waals surface area contributed by atoms with Gasteiger partial charge >= 0.3 is 0 Å². The molecule has 158 valence electrons. The predicted molar refractivity (Wildman–Crippen MR) is 109 cm³/mol. The van der Waals surface area contributed by atoms with Crippen molar-refractivity contribution in [3.63, 3.8) is 0 Å². The summed E-state index contributed by atoms with van der Waals surface area (Å²) in [5.74, 6) is 0.944. The third kappa shape index (κ3) is 5.16. The zero-order valence-electron chi connectivity index (χ0n) is 17.1. The predicted octanol–water partition coefficient (Wildman–Crippen LogP) is 1.85. The van der Waals surface area contributed by atoms with E-state index in [9.17, 15) is 13.2 Å². The van der Waals surface area contributed by atoms with Gasteiger partial charge in [-0.15, -0.1) is 0 Å². The normalized spacial score (nSPS) is 16.1. The van der Waals surface area contributed by atoms with Crippen LogP contribution in [0.1, 0.15) is 31.7 Å². The van der Waals surface area contributed by atoms with Gasteiger partial charge in [-0.3, -0.25) is 4.79 Å². The molecule has 1 fully saturated rings. The average Bonchev–Trinajstić information content (AvgIpc) is 2.99.